The summed E-state index contributed by atoms with van der Waals surface area (Å²) in [6.45, 7) is 6.44. The first-order valence-corrected chi connectivity index (χ1v) is 13.0. The molecule has 9 nitrogen and oxygen atoms in total. The zero-order chi connectivity index (χ0) is 28.3. The Morgan fingerprint density at radius 1 is 1.21 bits per heavy atom. The van der Waals surface area contributed by atoms with Crippen molar-refractivity contribution in [1.29, 1.82) is 0 Å². The lowest BCUT2D eigenvalue weighted by molar-refractivity contribution is -0.130. The van der Waals surface area contributed by atoms with Gasteiger partial charge in [-0.15, -0.1) is 0 Å². The highest BCUT2D eigenvalue weighted by Gasteiger charge is 2.37. The molecule has 12 heteroatoms. The molecule has 1 aliphatic carbocycles. The molecule has 4 N–H and O–H groups in total. The van der Waals surface area contributed by atoms with Crippen LogP contribution >= 0.6 is 11.6 Å². The van der Waals surface area contributed by atoms with E-state index in [9.17, 15) is 18.4 Å². The first-order valence-electron chi connectivity index (χ1n) is 12.6. The van der Waals surface area contributed by atoms with Crippen molar-refractivity contribution >= 4 is 29.2 Å². The summed E-state index contributed by atoms with van der Waals surface area (Å²) in [5.41, 5.74) is 11.7. The Kier molecular flexibility index (Phi) is 8.51. The van der Waals surface area contributed by atoms with Crippen molar-refractivity contribution in [2.24, 2.45) is 5.73 Å². The van der Waals surface area contributed by atoms with E-state index < -0.39 is 34.1 Å². The fraction of sp³-hybridized carbons (Fsp3) is 0.407. The fourth-order valence-corrected chi connectivity index (χ4v) is 5.25. The van der Waals surface area contributed by atoms with Crippen LogP contribution in [0.1, 0.15) is 44.1 Å². The monoisotopic (exact) mass is 560 g/mol. The molecule has 2 amide bonds. The Labute approximate surface area is 230 Å². The molecule has 1 aromatic carbocycles. The first-order chi connectivity index (χ1) is 18.5. The lowest BCUT2D eigenvalue weighted by Gasteiger charge is -2.38. The number of carbonyl (C=O) groups excluding carboxylic acids is 2. The summed E-state index contributed by atoms with van der Waals surface area (Å²) in [6, 6.07) is 1.91. The molecule has 2 aromatic rings. The van der Waals surface area contributed by atoms with Crippen LogP contribution in [0, 0.1) is 11.6 Å². The number of benzene rings is 1. The summed E-state index contributed by atoms with van der Waals surface area (Å²) in [5.74, 6) is -2.11. The summed E-state index contributed by atoms with van der Waals surface area (Å²) in [4.78, 5) is 36.8. The average Bonchev–Trinajstić information content (AvgIpc) is 2.91. The zero-order valence-corrected chi connectivity index (χ0v) is 22.5. The van der Waals surface area contributed by atoms with E-state index in [1.807, 2.05) is 11.0 Å². The maximum atomic E-state index is 14.5. The standard InChI is InChI=1S/C27H31ClF2N6O3/c1-16(22-19(29)5-6-20(30)23(22)28)39-26-24(31)33-15-21(34-26)27(7-3-4-18(14-27)25(32)38)8-9-35-10-12-36(13-11-35)17(2)37/h3-7,15-16H,8-14H2,1-2H3,(H2,31,33)(H2,32,38). The summed E-state index contributed by atoms with van der Waals surface area (Å²) >= 11 is 6.01. The highest BCUT2D eigenvalue weighted by Crippen LogP contribution is 2.40. The van der Waals surface area contributed by atoms with E-state index in [1.165, 1.54) is 13.1 Å². The molecule has 0 bridgehead atoms. The number of nitrogens with zero attached hydrogens (tertiary/aromatic N) is 4. The summed E-state index contributed by atoms with van der Waals surface area (Å²) in [7, 11) is 0. The Bertz CT molecular complexity index is 1330. The zero-order valence-electron chi connectivity index (χ0n) is 21.8. The van der Waals surface area contributed by atoms with Crippen molar-refractivity contribution in [2.75, 3.05) is 38.5 Å². The number of allylic oxidation sites excluding steroid dienone is 3. The number of ether oxygens (including phenoxy) is 1. The quantitative estimate of drug-likeness (QED) is 0.474. The number of piperazine rings is 1. The molecule has 2 unspecified atom stereocenters. The maximum Gasteiger partial charge on any atom is 0.258 e. The molecule has 39 heavy (non-hydrogen) atoms. The highest BCUT2D eigenvalue weighted by molar-refractivity contribution is 6.31. The number of carbonyl (C=O) groups is 2. The number of rotatable bonds is 8. The number of amides is 2. The number of halogens is 3. The van der Waals surface area contributed by atoms with E-state index >= 15 is 0 Å². The van der Waals surface area contributed by atoms with E-state index in [2.05, 4.69) is 14.9 Å². The largest absolute Gasteiger partial charge is 0.467 e. The second-order valence-corrected chi connectivity index (χ2v) is 10.2. The topological polar surface area (TPSA) is 128 Å². The number of hydrogen-bond acceptors (Lipinski definition) is 7. The van der Waals surface area contributed by atoms with Crippen molar-refractivity contribution in [3.8, 4) is 5.88 Å². The molecule has 0 radical (unpaired) electrons. The van der Waals surface area contributed by atoms with Gasteiger partial charge in [0.05, 0.1) is 16.9 Å². The maximum absolute atomic E-state index is 14.5. The van der Waals surface area contributed by atoms with Crippen molar-refractivity contribution in [2.45, 2.75) is 38.2 Å². The summed E-state index contributed by atoms with van der Waals surface area (Å²) in [5, 5.41) is -0.391. The predicted octanol–water partition coefficient (Wildman–Crippen LogP) is 3.29. The predicted molar refractivity (Wildman–Crippen MR) is 143 cm³/mol. The third kappa shape index (κ3) is 6.20. The number of nitrogen functional groups attached to an aromatic ring is 1. The average molecular weight is 561 g/mol. The number of nitrogens with two attached hydrogens (primary N) is 2. The van der Waals surface area contributed by atoms with Crippen LogP contribution in [0.2, 0.25) is 5.02 Å². The Morgan fingerprint density at radius 2 is 1.90 bits per heavy atom. The highest BCUT2D eigenvalue weighted by atomic mass is 35.5. The van der Waals surface area contributed by atoms with Gasteiger partial charge in [0, 0.05) is 49.7 Å². The number of aromatic nitrogens is 2. The van der Waals surface area contributed by atoms with E-state index in [0.717, 1.165) is 25.2 Å². The van der Waals surface area contributed by atoms with Gasteiger partial charge in [-0.2, -0.15) is 0 Å². The third-order valence-corrected chi connectivity index (χ3v) is 7.66. The van der Waals surface area contributed by atoms with Crippen LogP contribution in [0.4, 0.5) is 14.6 Å². The normalized spacial score (nSPS) is 20.4. The van der Waals surface area contributed by atoms with E-state index in [4.69, 9.17) is 27.8 Å². The van der Waals surface area contributed by atoms with Gasteiger partial charge in [0.2, 0.25) is 11.8 Å². The van der Waals surface area contributed by atoms with Gasteiger partial charge < -0.3 is 21.1 Å². The lowest BCUT2D eigenvalue weighted by atomic mass is 9.73. The van der Waals surface area contributed by atoms with E-state index in [1.54, 1.807) is 19.1 Å². The minimum atomic E-state index is -1.03. The first kappa shape index (κ1) is 28.4. The molecule has 1 saturated heterocycles. The smallest absolute Gasteiger partial charge is 0.258 e. The Balaban J connectivity index is 1.61. The minimum Gasteiger partial charge on any atom is -0.467 e. The Hall–Kier alpha value is -3.57. The molecular formula is C27H31ClF2N6O3. The number of hydrogen-bond donors (Lipinski definition) is 2. The van der Waals surface area contributed by atoms with Crippen molar-refractivity contribution < 1.29 is 23.1 Å². The van der Waals surface area contributed by atoms with Gasteiger partial charge >= 0.3 is 0 Å². The molecule has 208 valence electrons. The molecule has 2 aliphatic rings. The lowest BCUT2D eigenvalue weighted by Crippen LogP contribution is -2.49. The van der Waals surface area contributed by atoms with Gasteiger partial charge in [0.1, 0.15) is 17.7 Å². The van der Waals surface area contributed by atoms with Crippen LogP contribution in [0.15, 0.2) is 42.1 Å². The van der Waals surface area contributed by atoms with Gasteiger partial charge in [0.25, 0.3) is 5.88 Å². The number of primary amides is 1. The molecule has 1 fully saturated rings. The van der Waals surface area contributed by atoms with Gasteiger partial charge in [-0.05, 0) is 38.4 Å². The molecule has 4 rings (SSSR count). The third-order valence-electron chi connectivity index (χ3n) is 7.28. The molecular weight excluding hydrogens is 530 g/mol. The second-order valence-electron chi connectivity index (χ2n) is 9.81. The van der Waals surface area contributed by atoms with Gasteiger partial charge in [0.15, 0.2) is 5.82 Å². The molecule has 2 atom stereocenters. The van der Waals surface area contributed by atoms with Crippen molar-refractivity contribution in [3.63, 3.8) is 0 Å². The molecule has 1 aromatic heterocycles. The number of anilines is 1. The minimum absolute atomic E-state index is 0.0421. The van der Waals surface area contributed by atoms with E-state index in [-0.39, 0.29) is 29.6 Å². The van der Waals surface area contributed by atoms with Crippen LogP contribution in [-0.4, -0.2) is 64.3 Å². The van der Waals surface area contributed by atoms with Crippen LogP contribution in [0.5, 0.6) is 5.88 Å². The van der Waals surface area contributed by atoms with Gasteiger partial charge in [-0.1, -0.05) is 29.8 Å². The molecule has 1 aliphatic heterocycles. The van der Waals surface area contributed by atoms with Gasteiger partial charge in [-0.3, -0.25) is 14.5 Å². The van der Waals surface area contributed by atoms with Crippen molar-refractivity contribution in [3.05, 3.63) is 70.0 Å². The fourth-order valence-electron chi connectivity index (χ4n) is 4.94. The van der Waals surface area contributed by atoms with Crippen LogP contribution in [0.3, 0.4) is 0 Å². The second kappa shape index (κ2) is 11.7. The molecule has 0 spiro atoms. The van der Waals surface area contributed by atoms with Crippen LogP contribution in [0.25, 0.3) is 0 Å². The van der Waals surface area contributed by atoms with E-state index in [0.29, 0.717) is 37.3 Å². The van der Waals surface area contributed by atoms with Crippen molar-refractivity contribution in [1.82, 2.24) is 19.8 Å². The van der Waals surface area contributed by atoms with Crippen LogP contribution in [-0.2, 0) is 15.0 Å². The summed E-state index contributed by atoms with van der Waals surface area (Å²) < 4.78 is 34.4. The molecule has 2 heterocycles. The van der Waals surface area contributed by atoms with Gasteiger partial charge in [-0.25, -0.2) is 18.7 Å². The Morgan fingerprint density at radius 3 is 2.56 bits per heavy atom. The SMILES string of the molecule is CC(=O)N1CCN(CCC2(c3cnc(N)c(OC(C)c4c(F)ccc(F)c4Cl)n3)C=CC=C(C(N)=O)C2)CC1. The van der Waals surface area contributed by atoms with Crippen LogP contribution < -0.4 is 16.2 Å². The molecule has 0 saturated carbocycles. The summed E-state index contributed by atoms with van der Waals surface area (Å²) in [6.07, 6.45) is 6.71.